The molecule has 0 radical (unpaired) electrons. The normalized spacial score (nSPS) is 49.3. The van der Waals surface area contributed by atoms with Crippen molar-refractivity contribution >= 4 is 0 Å². The van der Waals surface area contributed by atoms with Crippen LogP contribution in [-0.4, -0.2) is 10.7 Å². The van der Waals surface area contributed by atoms with Crippen molar-refractivity contribution in [2.45, 2.75) is 45.1 Å². The molecule has 102 valence electrons. The molecule has 0 amide bonds. The van der Waals surface area contributed by atoms with Crippen LogP contribution in [0.5, 0.6) is 0 Å². The van der Waals surface area contributed by atoms with Crippen LogP contribution in [-0.2, 0) is 0 Å². The summed E-state index contributed by atoms with van der Waals surface area (Å²) < 4.78 is 0. The van der Waals surface area contributed by atoms with Crippen LogP contribution in [0, 0.1) is 53.3 Å². The van der Waals surface area contributed by atoms with Crippen molar-refractivity contribution in [1.82, 2.24) is 0 Å². The van der Waals surface area contributed by atoms with E-state index in [9.17, 15) is 5.11 Å². The molecule has 4 bridgehead atoms. The van der Waals surface area contributed by atoms with Gasteiger partial charge in [-0.3, -0.25) is 0 Å². The smallest absolute Gasteiger partial charge is 0.119 e. The molecule has 1 N–H and O–H groups in total. The highest BCUT2D eigenvalue weighted by molar-refractivity contribution is 5.21. The highest BCUT2D eigenvalue weighted by atomic mass is 16.3. The zero-order chi connectivity index (χ0) is 13.2. The third-order valence-corrected chi connectivity index (χ3v) is 6.17. The maximum atomic E-state index is 9.68. The second kappa shape index (κ2) is 3.89. The Morgan fingerprint density at radius 1 is 1.11 bits per heavy atom. The van der Waals surface area contributed by atoms with Gasteiger partial charge in [0.25, 0.3) is 0 Å². The first-order valence-corrected chi connectivity index (χ1v) is 7.93. The summed E-state index contributed by atoms with van der Waals surface area (Å²) in [6.45, 7) is 3.55. The molecule has 1 heteroatoms. The predicted molar refractivity (Wildman–Crippen MR) is 76.1 cm³/mol. The molecule has 3 saturated carbocycles. The quantitative estimate of drug-likeness (QED) is 0.434. The molecule has 0 aromatic carbocycles. The SMILES string of the molecule is CC(C)(O)C#CC[C@@H]1C[C@H]2C[C@H]1[C@@H]1[C@@H]2[C@H]2C=C[C@H]1C2. The lowest BCUT2D eigenvalue weighted by Gasteiger charge is -2.36. The van der Waals surface area contributed by atoms with E-state index in [1.807, 2.05) is 0 Å². The first-order chi connectivity index (χ1) is 9.03. The lowest BCUT2D eigenvalue weighted by Crippen LogP contribution is -2.30. The van der Waals surface area contributed by atoms with Crippen LogP contribution in [0.4, 0.5) is 0 Å². The van der Waals surface area contributed by atoms with Crippen molar-refractivity contribution in [3.05, 3.63) is 12.2 Å². The van der Waals surface area contributed by atoms with E-state index >= 15 is 0 Å². The van der Waals surface area contributed by atoms with Gasteiger partial charge in [-0.2, -0.15) is 0 Å². The van der Waals surface area contributed by atoms with Crippen molar-refractivity contribution in [2.75, 3.05) is 0 Å². The molecule has 1 nitrogen and oxygen atoms in total. The van der Waals surface area contributed by atoms with Crippen LogP contribution in [0.1, 0.15) is 39.5 Å². The van der Waals surface area contributed by atoms with Crippen LogP contribution in [0.25, 0.3) is 0 Å². The van der Waals surface area contributed by atoms with Crippen molar-refractivity contribution in [2.24, 2.45) is 41.4 Å². The molecule has 0 spiro atoms. The molecule has 19 heavy (non-hydrogen) atoms. The van der Waals surface area contributed by atoms with Gasteiger partial charge in [-0.1, -0.05) is 24.0 Å². The zero-order valence-corrected chi connectivity index (χ0v) is 12.0. The molecule has 4 aliphatic rings. The Morgan fingerprint density at radius 3 is 2.58 bits per heavy atom. The molecule has 0 aromatic rings. The van der Waals surface area contributed by atoms with Crippen molar-refractivity contribution in [1.29, 1.82) is 0 Å². The van der Waals surface area contributed by atoms with E-state index in [4.69, 9.17) is 0 Å². The van der Waals surface area contributed by atoms with Crippen molar-refractivity contribution in [3.63, 3.8) is 0 Å². The fourth-order valence-electron chi connectivity index (χ4n) is 5.79. The molecule has 0 aromatic heterocycles. The van der Waals surface area contributed by atoms with E-state index < -0.39 is 5.60 Å². The van der Waals surface area contributed by atoms with E-state index in [-0.39, 0.29) is 0 Å². The van der Waals surface area contributed by atoms with Crippen LogP contribution in [0.3, 0.4) is 0 Å². The Kier molecular flexibility index (Phi) is 2.46. The number of fused-ring (bicyclic) bond motifs is 9. The lowest BCUT2D eigenvalue weighted by molar-refractivity contribution is 0.142. The number of rotatable bonds is 1. The maximum Gasteiger partial charge on any atom is 0.119 e. The Hall–Kier alpha value is -0.740. The van der Waals surface area contributed by atoms with E-state index in [2.05, 4.69) is 24.0 Å². The topological polar surface area (TPSA) is 20.2 Å². The van der Waals surface area contributed by atoms with Crippen molar-refractivity contribution in [3.8, 4) is 11.8 Å². The third-order valence-electron chi connectivity index (χ3n) is 6.17. The zero-order valence-electron chi connectivity index (χ0n) is 12.0. The second-order valence-electron chi connectivity index (χ2n) is 7.82. The summed E-state index contributed by atoms with van der Waals surface area (Å²) in [7, 11) is 0. The Morgan fingerprint density at radius 2 is 1.84 bits per heavy atom. The minimum atomic E-state index is -0.824. The van der Waals surface area contributed by atoms with E-state index in [0.717, 1.165) is 47.8 Å². The van der Waals surface area contributed by atoms with Gasteiger partial charge in [-0.25, -0.2) is 0 Å². The van der Waals surface area contributed by atoms with Crippen LogP contribution in [0.2, 0.25) is 0 Å². The summed E-state index contributed by atoms with van der Waals surface area (Å²) in [4.78, 5) is 0. The summed E-state index contributed by atoms with van der Waals surface area (Å²) in [5, 5.41) is 9.68. The van der Waals surface area contributed by atoms with Gasteiger partial charge >= 0.3 is 0 Å². The molecule has 4 aliphatic carbocycles. The first-order valence-electron chi connectivity index (χ1n) is 7.93. The van der Waals surface area contributed by atoms with Crippen molar-refractivity contribution < 1.29 is 5.11 Å². The first kappa shape index (κ1) is 12.0. The van der Waals surface area contributed by atoms with Gasteiger partial charge in [-0.15, -0.1) is 0 Å². The average molecular weight is 256 g/mol. The van der Waals surface area contributed by atoms with E-state index in [0.29, 0.717) is 0 Å². The molecular weight excluding hydrogens is 232 g/mol. The van der Waals surface area contributed by atoms with Gasteiger partial charge in [0, 0.05) is 6.42 Å². The molecule has 0 aliphatic heterocycles. The third kappa shape index (κ3) is 1.80. The Balaban J connectivity index is 1.48. The van der Waals surface area contributed by atoms with Gasteiger partial charge in [-0.05, 0) is 74.5 Å². The molecule has 7 atom stereocenters. The number of aliphatic hydroxyl groups is 1. The molecule has 0 heterocycles. The summed E-state index contributed by atoms with van der Waals surface area (Å²) in [6, 6.07) is 0. The fraction of sp³-hybridized carbons (Fsp3) is 0.778. The number of hydrogen-bond acceptors (Lipinski definition) is 1. The van der Waals surface area contributed by atoms with Gasteiger partial charge in [0.15, 0.2) is 0 Å². The Labute approximate surface area is 116 Å². The van der Waals surface area contributed by atoms with Crippen LogP contribution >= 0.6 is 0 Å². The minimum absolute atomic E-state index is 0.814. The van der Waals surface area contributed by atoms with Gasteiger partial charge in [0.1, 0.15) is 5.60 Å². The summed E-state index contributed by atoms with van der Waals surface area (Å²) in [5.74, 6) is 12.8. The fourth-order valence-corrected chi connectivity index (χ4v) is 5.79. The number of hydrogen-bond donors (Lipinski definition) is 1. The van der Waals surface area contributed by atoms with Crippen LogP contribution < -0.4 is 0 Å². The molecule has 0 saturated heterocycles. The molecule has 0 unspecified atom stereocenters. The van der Waals surface area contributed by atoms with E-state index in [1.54, 1.807) is 13.8 Å². The highest BCUT2D eigenvalue weighted by Gasteiger charge is 2.60. The maximum absolute atomic E-state index is 9.68. The molecular formula is C18H24O. The predicted octanol–water partition coefficient (Wildman–Crippen LogP) is 3.25. The van der Waals surface area contributed by atoms with E-state index in [1.165, 1.54) is 19.3 Å². The number of allylic oxidation sites excluding steroid dienone is 2. The van der Waals surface area contributed by atoms with Crippen LogP contribution in [0.15, 0.2) is 12.2 Å². The summed E-state index contributed by atoms with van der Waals surface area (Å²) in [6.07, 6.45) is 10.4. The molecule has 4 rings (SSSR count). The highest BCUT2D eigenvalue weighted by Crippen LogP contribution is 2.67. The lowest BCUT2D eigenvalue weighted by atomic mass is 9.69. The standard InChI is InChI=1S/C18H24O/c1-18(2,19)7-3-4-11-8-14-10-15(11)17-13-6-5-12(9-13)16(14)17/h5-6,11-17,19H,4,8-10H2,1-2H3/t11-,12+,13+,14+,15-,16-,17-/m1/s1. The molecule has 3 fully saturated rings. The van der Waals surface area contributed by atoms with Gasteiger partial charge in [0.05, 0.1) is 0 Å². The Bertz CT molecular complexity index is 472. The monoisotopic (exact) mass is 256 g/mol. The minimum Gasteiger partial charge on any atom is -0.378 e. The summed E-state index contributed by atoms with van der Waals surface area (Å²) >= 11 is 0. The second-order valence-corrected chi connectivity index (χ2v) is 7.82. The summed E-state index contributed by atoms with van der Waals surface area (Å²) in [5.41, 5.74) is -0.824. The largest absolute Gasteiger partial charge is 0.378 e. The average Bonchev–Trinajstić information content (AvgIpc) is 3.05. The van der Waals surface area contributed by atoms with Gasteiger partial charge in [0.2, 0.25) is 0 Å². The van der Waals surface area contributed by atoms with Gasteiger partial charge < -0.3 is 5.11 Å².